The number of rotatable bonds is 2. The molecule has 0 fully saturated rings. The minimum atomic E-state index is 0.228. The zero-order valence-electron chi connectivity index (χ0n) is 8.30. The van der Waals surface area contributed by atoms with Gasteiger partial charge in [-0.3, -0.25) is 0 Å². The molecule has 0 saturated heterocycles. The summed E-state index contributed by atoms with van der Waals surface area (Å²) in [5, 5.41) is 0. The van der Waals surface area contributed by atoms with Gasteiger partial charge in [0, 0.05) is 5.41 Å². The fourth-order valence-corrected chi connectivity index (χ4v) is 1.31. The van der Waals surface area contributed by atoms with Crippen LogP contribution in [0.2, 0.25) is 0 Å². The molecule has 0 N–H and O–H groups in total. The summed E-state index contributed by atoms with van der Waals surface area (Å²) in [7, 11) is 0. The molecule has 0 saturated carbocycles. The third-order valence-electron chi connectivity index (χ3n) is 2.10. The summed E-state index contributed by atoms with van der Waals surface area (Å²) in [5.74, 6) is 0. The number of allylic oxidation sites excluding steroid dienone is 6. The Kier molecular flexibility index (Phi) is 2.91. The Morgan fingerprint density at radius 3 is 2.67 bits per heavy atom. The van der Waals surface area contributed by atoms with Gasteiger partial charge in [0.25, 0.3) is 0 Å². The summed E-state index contributed by atoms with van der Waals surface area (Å²) in [6.07, 6.45) is 13.6. The van der Waals surface area contributed by atoms with Crippen LogP contribution in [0.4, 0.5) is 0 Å². The molecular formula is C12H18. The smallest absolute Gasteiger partial charge is 0.00107 e. The van der Waals surface area contributed by atoms with Gasteiger partial charge in [0.05, 0.1) is 0 Å². The van der Waals surface area contributed by atoms with Crippen molar-refractivity contribution in [2.75, 3.05) is 0 Å². The van der Waals surface area contributed by atoms with Gasteiger partial charge in [-0.25, -0.2) is 0 Å². The predicted molar refractivity (Wildman–Crippen MR) is 55.1 cm³/mol. The maximum absolute atomic E-state index is 2.28. The first-order chi connectivity index (χ1) is 5.64. The van der Waals surface area contributed by atoms with Crippen LogP contribution in [0.3, 0.4) is 0 Å². The largest absolute Gasteiger partial charge is 0.0751 e. The van der Waals surface area contributed by atoms with E-state index in [9.17, 15) is 0 Å². The zero-order valence-corrected chi connectivity index (χ0v) is 8.30. The number of hydrogen-bond donors (Lipinski definition) is 0. The van der Waals surface area contributed by atoms with Gasteiger partial charge in [0.2, 0.25) is 0 Å². The second-order valence-electron chi connectivity index (χ2n) is 4.01. The van der Waals surface area contributed by atoms with Gasteiger partial charge in [-0.2, -0.15) is 0 Å². The van der Waals surface area contributed by atoms with Gasteiger partial charge in [0.15, 0.2) is 0 Å². The molecular weight excluding hydrogens is 144 g/mol. The Morgan fingerprint density at radius 2 is 2.00 bits per heavy atom. The molecule has 66 valence electrons. The summed E-state index contributed by atoms with van der Waals surface area (Å²) < 4.78 is 0. The topological polar surface area (TPSA) is 0 Å². The summed E-state index contributed by atoms with van der Waals surface area (Å²) >= 11 is 0. The lowest BCUT2D eigenvalue weighted by Gasteiger charge is -2.12. The minimum absolute atomic E-state index is 0.228. The van der Waals surface area contributed by atoms with Crippen molar-refractivity contribution in [3.8, 4) is 0 Å². The molecule has 0 aliphatic heterocycles. The summed E-state index contributed by atoms with van der Waals surface area (Å²) in [5.41, 5.74) is 1.67. The van der Waals surface area contributed by atoms with E-state index in [4.69, 9.17) is 0 Å². The first-order valence-electron chi connectivity index (χ1n) is 4.72. The van der Waals surface area contributed by atoms with Crippen molar-refractivity contribution < 1.29 is 0 Å². The molecule has 0 amide bonds. The molecule has 0 aromatic heterocycles. The highest BCUT2D eigenvalue weighted by Crippen LogP contribution is 2.23. The van der Waals surface area contributed by atoms with E-state index >= 15 is 0 Å². The molecule has 0 atom stereocenters. The second kappa shape index (κ2) is 3.75. The summed E-state index contributed by atoms with van der Waals surface area (Å²) in [6, 6.07) is 0. The van der Waals surface area contributed by atoms with E-state index in [1.165, 1.54) is 18.4 Å². The molecule has 1 rings (SSSR count). The molecule has 0 aromatic carbocycles. The van der Waals surface area contributed by atoms with Crippen molar-refractivity contribution in [1.82, 2.24) is 0 Å². The molecule has 0 spiro atoms. The maximum Gasteiger partial charge on any atom is 0.00107 e. The van der Waals surface area contributed by atoms with Crippen LogP contribution in [0, 0.1) is 5.41 Å². The van der Waals surface area contributed by atoms with Crippen molar-refractivity contribution >= 4 is 0 Å². The Morgan fingerprint density at radius 1 is 1.25 bits per heavy atom. The van der Waals surface area contributed by atoms with Gasteiger partial charge < -0.3 is 0 Å². The lowest BCUT2D eigenvalue weighted by Crippen LogP contribution is -2.00. The third kappa shape index (κ3) is 2.69. The fourth-order valence-electron chi connectivity index (χ4n) is 1.31. The van der Waals surface area contributed by atoms with Gasteiger partial charge >= 0.3 is 0 Å². The van der Waals surface area contributed by atoms with Crippen molar-refractivity contribution in [3.63, 3.8) is 0 Å². The number of hydrogen-bond acceptors (Lipinski definition) is 0. The molecule has 12 heavy (non-hydrogen) atoms. The molecule has 0 radical (unpaired) electrons. The quantitative estimate of drug-likeness (QED) is 0.578. The van der Waals surface area contributed by atoms with Crippen LogP contribution < -0.4 is 0 Å². The van der Waals surface area contributed by atoms with Gasteiger partial charge in [0.1, 0.15) is 0 Å². The lowest BCUT2D eigenvalue weighted by molar-refractivity contribution is 0.626. The van der Waals surface area contributed by atoms with Crippen LogP contribution in [0.15, 0.2) is 36.0 Å². The lowest BCUT2D eigenvalue weighted by atomic mass is 9.93. The van der Waals surface area contributed by atoms with Crippen LogP contribution >= 0.6 is 0 Å². The van der Waals surface area contributed by atoms with Gasteiger partial charge in [-0.15, -0.1) is 0 Å². The van der Waals surface area contributed by atoms with Crippen molar-refractivity contribution in [3.05, 3.63) is 36.0 Å². The first kappa shape index (κ1) is 9.31. The Hall–Kier alpha value is -0.780. The maximum atomic E-state index is 2.28. The van der Waals surface area contributed by atoms with Crippen LogP contribution in [0.1, 0.15) is 33.6 Å². The van der Waals surface area contributed by atoms with Crippen molar-refractivity contribution in [2.24, 2.45) is 5.41 Å². The average molecular weight is 162 g/mol. The van der Waals surface area contributed by atoms with E-state index in [1.54, 1.807) is 0 Å². The van der Waals surface area contributed by atoms with Crippen LogP contribution in [-0.2, 0) is 0 Å². The molecule has 0 unspecified atom stereocenters. The molecule has 0 nitrogen and oxygen atoms in total. The Balaban J connectivity index is 2.72. The Labute approximate surface area is 75.7 Å². The molecule has 0 aromatic rings. The van der Waals surface area contributed by atoms with E-state index in [2.05, 4.69) is 51.2 Å². The molecule has 0 bridgehead atoms. The van der Waals surface area contributed by atoms with E-state index in [0.29, 0.717) is 0 Å². The van der Waals surface area contributed by atoms with Crippen LogP contribution in [-0.4, -0.2) is 0 Å². The van der Waals surface area contributed by atoms with E-state index in [-0.39, 0.29) is 5.41 Å². The van der Waals surface area contributed by atoms with Gasteiger partial charge in [-0.1, -0.05) is 57.6 Å². The fraction of sp³-hybridized carbons (Fsp3) is 0.500. The van der Waals surface area contributed by atoms with Crippen LogP contribution in [0.5, 0.6) is 0 Å². The third-order valence-corrected chi connectivity index (χ3v) is 2.10. The first-order valence-corrected chi connectivity index (χ1v) is 4.72. The van der Waals surface area contributed by atoms with Gasteiger partial charge in [-0.05, 0) is 12.0 Å². The molecule has 1 aliphatic rings. The average Bonchev–Trinajstić information content (AvgIpc) is 2.14. The molecule has 0 heterocycles. The summed E-state index contributed by atoms with van der Waals surface area (Å²) in [4.78, 5) is 0. The molecule has 0 heteroatoms. The van der Waals surface area contributed by atoms with E-state index < -0.39 is 0 Å². The minimum Gasteiger partial charge on any atom is -0.0751 e. The second-order valence-corrected chi connectivity index (χ2v) is 4.01. The predicted octanol–water partition coefficient (Wildman–Crippen LogP) is 3.87. The highest BCUT2D eigenvalue weighted by atomic mass is 14.1. The standard InChI is InChI=1S/C12H18/c1-4-6-11-7-5-9-12(2,3)10-8-11/h5,7-10H,4,6H2,1-3H3. The summed E-state index contributed by atoms with van der Waals surface area (Å²) in [6.45, 7) is 6.67. The highest BCUT2D eigenvalue weighted by molar-refractivity contribution is 5.30. The van der Waals surface area contributed by atoms with Crippen molar-refractivity contribution in [2.45, 2.75) is 33.6 Å². The highest BCUT2D eigenvalue weighted by Gasteiger charge is 2.09. The monoisotopic (exact) mass is 162 g/mol. The Bertz CT molecular complexity index is 226. The van der Waals surface area contributed by atoms with E-state index in [0.717, 1.165) is 0 Å². The zero-order chi connectivity index (χ0) is 9.03. The molecule has 1 aliphatic carbocycles. The SMILES string of the molecule is CCCC1=CC=CC(C)(C)C=C1. The van der Waals surface area contributed by atoms with Crippen LogP contribution in [0.25, 0.3) is 0 Å². The van der Waals surface area contributed by atoms with E-state index in [1.807, 2.05) is 0 Å². The normalized spacial score (nSPS) is 20.4. The van der Waals surface area contributed by atoms with Crippen molar-refractivity contribution in [1.29, 1.82) is 0 Å².